The number of hydrogen-bond donors (Lipinski definition) is 2. The Labute approximate surface area is 194 Å². The van der Waals surface area contributed by atoms with Gasteiger partial charge < -0.3 is 20.1 Å². The number of nitrogens with zero attached hydrogens (tertiary/aromatic N) is 1. The van der Waals surface area contributed by atoms with Crippen molar-refractivity contribution in [2.24, 2.45) is 5.41 Å². The molecule has 0 saturated carbocycles. The van der Waals surface area contributed by atoms with Crippen molar-refractivity contribution >= 4 is 18.0 Å². The van der Waals surface area contributed by atoms with Crippen molar-refractivity contribution in [3.05, 3.63) is 59.7 Å². The van der Waals surface area contributed by atoms with Gasteiger partial charge in [0.1, 0.15) is 12.6 Å². The second kappa shape index (κ2) is 10.1. The quantitative estimate of drug-likeness (QED) is 0.593. The summed E-state index contributed by atoms with van der Waals surface area (Å²) in [6.45, 7) is 7.32. The van der Waals surface area contributed by atoms with Crippen LogP contribution in [-0.2, 0) is 14.3 Å². The summed E-state index contributed by atoms with van der Waals surface area (Å²) < 4.78 is 5.56. The summed E-state index contributed by atoms with van der Waals surface area (Å²) in [5.41, 5.74) is 3.62. The zero-order valence-electron chi connectivity index (χ0n) is 19.6. The molecule has 0 heterocycles. The molecule has 0 bridgehead atoms. The number of amides is 2. The topological polar surface area (TPSA) is 95.9 Å². The van der Waals surface area contributed by atoms with Crippen LogP contribution in [0.2, 0.25) is 0 Å². The van der Waals surface area contributed by atoms with Gasteiger partial charge in [0.15, 0.2) is 0 Å². The van der Waals surface area contributed by atoms with E-state index in [4.69, 9.17) is 4.74 Å². The van der Waals surface area contributed by atoms with Crippen molar-refractivity contribution in [3.8, 4) is 11.1 Å². The molecule has 0 radical (unpaired) electrons. The molecule has 2 N–H and O–H groups in total. The largest absolute Gasteiger partial charge is 0.480 e. The van der Waals surface area contributed by atoms with Crippen LogP contribution in [0.5, 0.6) is 0 Å². The number of carbonyl (C=O) groups excluding carboxylic acids is 2. The molecule has 2 unspecified atom stereocenters. The van der Waals surface area contributed by atoms with Crippen molar-refractivity contribution in [1.82, 2.24) is 10.2 Å². The summed E-state index contributed by atoms with van der Waals surface area (Å²) in [6.07, 6.45) is -0.156. The number of carboxylic acids is 1. The number of carbonyl (C=O) groups is 3. The normalized spacial score (nSPS) is 15.0. The minimum absolute atomic E-state index is 0.0469. The van der Waals surface area contributed by atoms with Crippen LogP contribution < -0.4 is 5.32 Å². The highest BCUT2D eigenvalue weighted by Gasteiger charge is 2.38. The summed E-state index contributed by atoms with van der Waals surface area (Å²) in [5, 5.41) is 12.0. The number of carboxylic acid groups (broad SMARTS) is 1. The smallest absolute Gasteiger partial charge is 0.407 e. The number of hydrogen-bond acceptors (Lipinski definition) is 4. The number of fused-ring (bicyclic) bond motifs is 3. The molecule has 3 rings (SSSR count). The number of rotatable bonds is 9. The van der Waals surface area contributed by atoms with Gasteiger partial charge in [-0.05, 0) is 49.4 Å². The summed E-state index contributed by atoms with van der Waals surface area (Å²) >= 11 is 0. The van der Waals surface area contributed by atoms with E-state index in [2.05, 4.69) is 29.6 Å². The Morgan fingerprint density at radius 1 is 1.06 bits per heavy atom. The second-order valence-electron chi connectivity index (χ2n) is 8.70. The highest BCUT2D eigenvalue weighted by Crippen LogP contribution is 2.44. The Hall–Kier alpha value is -3.35. The van der Waals surface area contributed by atoms with E-state index < -0.39 is 23.5 Å². The van der Waals surface area contributed by atoms with Gasteiger partial charge in [-0.2, -0.15) is 0 Å². The molecule has 2 aromatic carbocycles. The average Bonchev–Trinajstić information content (AvgIpc) is 3.15. The lowest BCUT2D eigenvalue weighted by Crippen LogP contribution is -2.52. The number of benzene rings is 2. The molecule has 0 saturated heterocycles. The molecular formula is C26H32N2O5. The van der Waals surface area contributed by atoms with Crippen molar-refractivity contribution in [1.29, 1.82) is 0 Å². The van der Waals surface area contributed by atoms with E-state index in [1.54, 1.807) is 13.8 Å². The zero-order valence-corrected chi connectivity index (χ0v) is 19.6. The monoisotopic (exact) mass is 452 g/mol. The third-order valence-corrected chi connectivity index (χ3v) is 6.69. The molecular weight excluding hydrogens is 420 g/mol. The minimum atomic E-state index is -1.06. The lowest BCUT2D eigenvalue weighted by molar-refractivity contribution is -0.154. The van der Waals surface area contributed by atoms with Crippen LogP contribution in [0.1, 0.15) is 51.2 Å². The Bertz CT molecular complexity index is 991. The van der Waals surface area contributed by atoms with E-state index >= 15 is 0 Å². The van der Waals surface area contributed by atoms with Gasteiger partial charge in [0, 0.05) is 19.0 Å². The maximum atomic E-state index is 13.1. The number of alkyl carbamates (subject to hydrolysis) is 1. The Kier molecular flexibility index (Phi) is 7.41. The van der Waals surface area contributed by atoms with E-state index in [0.29, 0.717) is 6.42 Å². The Balaban J connectivity index is 1.64. The molecule has 2 amide bonds. The lowest BCUT2D eigenvalue weighted by Gasteiger charge is -2.35. The molecule has 0 aromatic heterocycles. The van der Waals surface area contributed by atoms with Crippen molar-refractivity contribution in [2.75, 3.05) is 19.7 Å². The Morgan fingerprint density at radius 3 is 2.09 bits per heavy atom. The van der Waals surface area contributed by atoms with Crippen LogP contribution in [0.15, 0.2) is 48.5 Å². The first kappa shape index (κ1) is 24.3. The summed E-state index contributed by atoms with van der Waals surface area (Å²) in [6, 6.07) is 15.3. The van der Waals surface area contributed by atoms with Crippen molar-refractivity contribution in [2.45, 2.75) is 46.1 Å². The van der Waals surface area contributed by atoms with E-state index in [1.165, 1.54) is 11.8 Å². The van der Waals surface area contributed by atoms with Crippen LogP contribution in [0.3, 0.4) is 0 Å². The second-order valence-corrected chi connectivity index (χ2v) is 8.70. The Morgan fingerprint density at radius 2 is 1.61 bits per heavy atom. The first-order valence-corrected chi connectivity index (χ1v) is 11.4. The van der Waals surface area contributed by atoms with Crippen LogP contribution >= 0.6 is 0 Å². The third kappa shape index (κ3) is 4.87. The molecule has 176 valence electrons. The predicted octanol–water partition coefficient (Wildman–Crippen LogP) is 4.26. The molecule has 33 heavy (non-hydrogen) atoms. The first-order chi connectivity index (χ1) is 15.7. The first-order valence-electron chi connectivity index (χ1n) is 11.4. The van der Waals surface area contributed by atoms with Gasteiger partial charge in [0.25, 0.3) is 0 Å². The van der Waals surface area contributed by atoms with E-state index in [0.717, 1.165) is 22.3 Å². The number of aliphatic carboxylic acids is 1. The fourth-order valence-corrected chi connectivity index (χ4v) is 4.34. The van der Waals surface area contributed by atoms with Gasteiger partial charge >= 0.3 is 12.1 Å². The third-order valence-electron chi connectivity index (χ3n) is 6.69. The molecule has 2 atom stereocenters. The molecule has 2 aromatic rings. The average molecular weight is 453 g/mol. The molecule has 7 nitrogen and oxygen atoms in total. The number of likely N-dealkylation sites (N-methyl/N-ethyl adjacent to an activating group) is 1. The maximum absolute atomic E-state index is 13.1. The molecule has 1 aliphatic rings. The fourth-order valence-electron chi connectivity index (χ4n) is 4.34. The maximum Gasteiger partial charge on any atom is 0.407 e. The molecule has 7 heteroatoms. The van der Waals surface area contributed by atoms with Gasteiger partial charge in [-0.3, -0.25) is 4.79 Å². The lowest BCUT2D eigenvalue weighted by atomic mass is 9.85. The molecule has 1 aliphatic carbocycles. The summed E-state index contributed by atoms with van der Waals surface area (Å²) in [7, 11) is 0. The van der Waals surface area contributed by atoms with Gasteiger partial charge in [-0.15, -0.1) is 0 Å². The van der Waals surface area contributed by atoms with E-state index in [-0.39, 0.29) is 31.5 Å². The zero-order chi connectivity index (χ0) is 24.2. The van der Waals surface area contributed by atoms with Crippen LogP contribution in [0.25, 0.3) is 11.1 Å². The fraction of sp³-hybridized carbons (Fsp3) is 0.423. The van der Waals surface area contributed by atoms with Crippen LogP contribution in [-0.4, -0.2) is 53.7 Å². The van der Waals surface area contributed by atoms with Gasteiger partial charge in [0.05, 0.1) is 5.41 Å². The standard InChI is InChI=1S/C26H32N2O5/c1-5-26(4,24(31)28(6-2)17(3)23(29)30)16-27-25(32)33-15-22-20-13-9-7-11-18(20)19-12-8-10-14-21(19)22/h7-14,17,22H,5-6,15-16H2,1-4H3,(H,27,32)(H,29,30). The molecule has 0 fully saturated rings. The SMILES string of the molecule is CCN(C(=O)C(C)(CC)CNC(=O)OCC1c2ccccc2-c2ccccc21)C(C)C(=O)O. The van der Waals surface area contributed by atoms with Gasteiger partial charge in [-0.25, -0.2) is 9.59 Å². The van der Waals surface area contributed by atoms with Crippen LogP contribution in [0.4, 0.5) is 4.79 Å². The highest BCUT2D eigenvalue weighted by atomic mass is 16.5. The summed E-state index contributed by atoms with van der Waals surface area (Å²) in [5.74, 6) is -1.41. The van der Waals surface area contributed by atoms with Crippen molar-refractivity contribution in [3.63, 3.8) is 0 Å². The number of ether oxygens (including phenoxy) is 1. The predicted molar refractivity (Wildman–Crippen MR) is 126 cm³/mol. The minimum Gasteiger partial charge on any atom is -0.480 e. The molecule has 0 aliphatic heterocycles. The summed E-state index contributed by atoms with van der Waals surface area (Å²) in [4.78, 5) is 38.3. The van der Waals surface area contributed by atoms with Crippen LogP contribution in [0, 0.1) is 5.41 Å². The highest BCUT2D eigenvalue weighted by molar-refractivity contribution is 5.87. The number of nitrogens with one attached hydrogen (secondary N) is 1. The van der Waals surface area contributed by atoms with Gasteiger partial charge in [0.2, 0.25) is 5.91 Å². The van der Waals surface area contributed by atoms with Crippen molar-refractivity contribution < 1.29 is 24.2 Å². The molecule has 0 spiro atoms. The van der Waals surface area contributed by atoms with E-state index in [1.807, 2.05) is 31.2 Å². The van der Waals surface area contributed by atoms with E-state index in [9.17, 15) is 19.5 Å². The van der Waals surface area contributed by atoms with Gasteiger partial charge in [-0.1, -0.05) is 55.5 Å².